The topological polar surface area (TPSA) is 105 Å². The minimum atomic E-state index is -1.11. The molecule has 35 heavy (non-hydrogen) atoms. The lowest BCUT2D eigenvalue weighted by atomic mass is 9.98. The number of anilines is 1. The van der Waals surface area contributed by atoms with Crippen LogP contribution in [0.3, 0.4) is 0 Å². The predicted octanol–water partition coefficient (Wildman–Crippen LogP) is 4.74. The fourth-order valence-corrected chi connectivity index (χ4v) is 4.28. The van der Waals surface area contributed by atoms with Crippen LogP contribution in [0.5, 0.6) is 0 Å². The number of ether oxygens (including phenoxy) is 1. The number of carbonyl (C=O) groups is 3. The van der Waals surface area contributed by atoms with Gasteiger partial charge in [-0.3, -0.25) is 10.1 Å². The van der Waals surface area contributed by atoms with Crippen LogP contribution < -0.4 is 10.6 Å². The third kappa shape index (κ3) is 5.58. The van der Waals surface area contributed by atoms with E-state index in [0.717, 1.165) is 22.3 Å². The van der Waals surface area contributed by atoms with Gasteiger partial charge in [-0.25, -0.2) is 9.59 Å². The van der Waals surface area contributed by atoms with Crippen LogP contribution >= 0.6 is 0 Å². The number of rotatable bonds is 9. The Morgan fingerprint density at radius 3 is 2.11 bits per heavy atom. The number of hydrogen-bond donors (Lipinski definition) is 3. The maximum atomic E-state index is 12.4. The summed E-state index contributed by atoms with van der Waals surface area (Å²) >= 11 is 0. The largest absolute Gasteiger partial charge is 0.480 e. The molecule has 0 fully saturated rings. The van der Waals surface area contributed by atoms with Gasteiger partial charge in [0.1, 0.15) is 12.6 Å². The van der Waals surface area contributed by atoms with E-state index < -0.39 is 24.0 Å². The first-order valence-corrected chi connectivity index (χ1v) is 11.3. The van der Waals surface area contributed by atoms with Crippen LogP contribution in [0, 0.1) is 0 Å². The second kappa shape index (κ2) is 10.7. The molecule has 3 aromatic rings. The molecule has 7 nitrogen and oxygen atoms in total. The molecule has 0 spiro atoms. The molecule has 1 atom stereocenters. The molecule has 2 amide bonds. The summed E-state index contributed by atoms with van der Waals surface area (Å²) < 4.78 is 5.55. The summed E-state index contributed by atoms with van der Waals surface area (Å²) in [5.41, 5.74) is 5.82. The van der Waals surface area contributed by atoms with E-state index in [1.54, 1.807) is 24.3 Å². The van der Waals surface area contributed by atoms with E-state index in [-0.39, 0.29) is 25.4 Å². The van der Waals surface area contributed by atoms with Crippen LogP contribution in [0.4, 0.5) is 10.5 Å². The Labute approximate surface area is 203 Å². The van der Waals surface area contributed by atoms with E-state index in [9.17, 15) is 14.4 Å². The zero-order valence-corrected chi connectivity index (χ0v) is 19.1. The number of aliphatic carboxylic acids is 1. The Kier molecular flexibility index (Phi) is 7.26. The maximum Gasteiger partial charge on any atom is 0.411 e. The van der Waals surface area contributed by atoms with Crippen molar-refractivity contribution in [2.45, 2.75) is 24.8 Å². The van der Waals surface area contributed by atoms with E-state index >= 15 is 0 Å². The number of carbonyl (C=O) groups excluding carboxylic acids is 2. The molecule has 0 saturated carbocycles. The lowest BCUT2D eigenvalue weighted by Crippen LogP contribution is -2.41. The fourth-order valence-electron chi connectivity index (χ4n) is 4.28. The molecule has 0 aromatic heterocycles. The summed E-state index contributed by atoms with van der Waals surface area (Å²) in [5, 5.41) is 14.3. The molecule has 0 bridgehead atoms. The van der Waals surface area contributed by atoms with Gasteiger partial charge in [0, 0.05) is 11.6 Å². The standard InChI is InChI=1S/C28H26N2O5/c1-2-7-25(27(32)33)30-26(31)16-18-12-14-19(15-13-18)29-28(34)35-17-24-22-10-5-3-8-20(22)21-9-4-6-11-23(21)24/h2-6,8-15,24-25H,1,7,16-17H2,(H,29,34)(H,30,31)(H,32,33). The molecule has 4 rings (SSSR count). The Hall–Kier alpha value is -4.39. The fraction of sp³-hybridized carbons (Fsp3) is 0.179. The van der Waals surface area contributed by atoms with E-state index in [4.69, 9.17) is 9.84 Å². The molecule has 0 aliphatic heterocycles. The normalized spacial score (nSPS) is 12.7. The Balaban J connectivity index is 1.31. The minimum absolute atomic E-state index is 0.0200. The summed E-state index contributed by atoms with van der Waals surface area (Å²) in [4.78, 5) is 35.8. The third-order valence-corrected chi connectivity index (χ3v) is 5.94. The third-order valence-electron chi connectivity index (χ3n) is 5.94. The molecule has 1 aliphatic carbocycles. The van der Waals surface area contributed by atoms with Crippen LogP contribution in [-0.2, 0) is 20.7 Å². The summed E-state index contributed by atoms with van der Waals surface area (Å²) in [6.07, 6.45) is 1.05. The number of nitrogens with one attached hydrogen (secondary N) is 2. The Bertz CT molecular complexity index is 1210. The van der Waals surface area contributed by atoms with Gasteiger partial charge in [0.05, 0.1) is 6.42 Å². The Morgan fingerprint density at radius 2 is 1.54 bits per heavy atom. The van der Waals surface area contributed by atoms with Crippen molar-refractivity contribution in [3.8, 4) is 11.1 Å². The summed E-state index contributed by atoms with van der Waals surface area (Å²) in [7, 11) is 0. The van der Waals surface area contributed by atoms with Gasteiger partial charge in [-0.2, -0.15) is 0 Å². The highest BCUT2D eigenvalue weighted by molar-refractivity contribution is 5.86. The van der Waals surface area contributed by atoms with Crippen LogP contribution in [0.1, 0.15) is 29.0 Å². The quantitative estimate of drug-likeness (QED) is 0.392. The smallest absolute Gasteiger partial charge is 0.411 e. The maximum absolute atomic E-state index is 12.4. The molecule has 1 aliphatic rings. The number of fused-ring (bicyclic) bond motifs is 3. The molecule has 7 heteroatoms. The van der Waals surface area contributed by atoms with E-state index in [0.29, 0.717) is 11.3 Å². The van der Waals surface area contributed by atoms with Crippen molar-refractivity contribution in [3.63, 3.8) is 0 Å². The second-order valence-corrected chi connectivity index (χ2v) is 8.31. The number of amides is 2. The van der Waals surface area contributed by atoms with Gasteiger partial charge in [0.25, 0.3) is 0 Å². The highest BCUT2D eigenvalue weighted by atomic mass is 16.5. The van der Waals surface area contributed by atoms with Crippen molar-refractivity contribution in [2.75, 3.05) is 11.9 Å². The van der Waals surface area contributed by atoms with E-state index in [1.807, 2.05) is 24.3 Å². The van der Waals surface area contributed by atoms with Crippen LogP contribution in [0.2, 0.25) is 0 Å². The summed E-state index contributed by atoms with van der Waals surface area (Å²) in [6.45, 7) is 3.72. The van der Waals surface area contributed by atoms with Crippen molar-refractivity contribution in [3.05, 3.63) is 102 Å². The van der Waals surface area contributed by atoms with Gasteiger partial charge in [0.2, 0.25) is 5.91 Å². The molecule has 0 saturated heterocycles. The predicted molar refractivity (Wildman–Crippen MR) is 133 cm³/mol. The molecule has 0 radical (unpaired) electrons. The highest BCUT2D eigenvalue weighted by Crippen LogP contribution is 2.44. The van der Waals surface area contributed by atoms with Crippen LogP contribution in [0.15, 0.2) is 85.5 Å². The lowest BCUT2D eigenvalue weighted by Gasteiger charge is -2.15. The summed E-state index contributed by atoms with van der Waals surface area (Å²) in [6, 6.07) is 22.0. The highest BCUT2D eigenvalue weighted by Gasteiger charge is 2.29. The summed E-state index contributed by atoms with van der Waals surface area (Å²) in [5.74, 6) is -1.54. The number of carboxylic acids is 1. The van der Waals surface area contributed by atoms with Gasteiger partial charge >= 0.3 is 12.1 Å². The molecular formula is C28H26N2O5. The average molecular weight is 471 g/mol. The van der Waals surface area contributed by atoms with Crippen LogP contribution in [0.25, 0.3) is 11.1 Å². The van der Waals surface area contributed by atoms with Gasteiger partial charge in [-0.1, -0.05) is 66.7 Å². The number of benzene rings is 3. The first-order valence-electron chi connectivity index (χ1n) is 11.3. The van der Waals surface area contributed by atoms with Crippen LogP contribution in [-0.4, -0.2) is 35.7 Å². The lowest BCUT2D eigenvalue weighted by molar-refractivity contribution is -0.141. The molecule has 3 aromatic carbocycles. The van der Waals surface area contributed by atoms with E-state index in [1.165, 1.54) is 6.08 Å². The van der Waals surface area contributed by atoms with Gasteiger partial charge < -0.3 is 15.2 Å². The SMILES string of the molecule is C=CCC(NC(=O)Cc1ccc(NC(=O)OCC2c3ccccc3-c3ccccc32)cc1)C(=O)O. The first kappa shape index (κ1) is 23.8. The Morgan fingerprint density at radius 1 is 0.943 bits per heavy atom. The zero-order chi connectivity index (χ0) is 24.8. The number of hydrogen-bond acceptors (Lipinski definition) is 4. The van der Waals surface area contributed by atoms with Crippen molar-refractivity contribution in [1.29, 1.82) is 0 Å². The molecular weight excluding hydrogens is 444 g/mol. The van der Waals surface area contributed by atoms with Gasteiger partial charge in [0.15, 0.2) is 0 Å². The van der Waals surface area contributed by atoms with Crippen molar-refractivity contribution < 1.29 is 24.2 Å². The molecule has 3 N–H and O–H groups in total. The second-order valence-electron chi connectivity index (χ2n) is 8.31. The van der Waals surface area contributed by atoms with E-state index in [2.05, 4.69) is 41.5 Å². The number of carboxylic acid groups (broad SMARTS) is 1. The average Bonchev–Trinajstić information content (AvgIpc) is 3.17. The zero-order valence-electron chi connectivity index (χ0n) is 19.1. The van der Waals surface area contributed by atoms with Gasteiger partial charge in [-0.15, -0.1) is 6.58 Å². The van der Waals surface area contributed by atoms with Crippen molar-refractivity contribution in [1.82, 2.24) is 5.32 Å². The van der Waals surface area contributed by atoms with Crippen molar-refractivity contribution >= 4 is 23.7 Å². The molecule has 1 unspecified atom stereocenters. The first-order chi connectivity index (χ1) is 17.0. The minimum Gasteiger partial charge on any atom is -0.480 e. The van der Waals surface area contributed by atoms with Crippen molar-refractivity contribution in [2.24, 2.45) is 0 Å². The van der Waals surface area contributed by atoms with Gasteiger partial charge in [-0.05, 0) is 46.4 Å². The monoisotopic (exact) mass is 470 g/mol. The molecule has 178 valence electrons. The molecule has 0 heterocycles.